The first-order chi connectivity index (χ1) is 10.7. The molecule has 1 aliphatic rings. The van der Waals surface area contributed by atoms with Gasteiger partial charge in [-0.05, 0) is 23.3 Å². The van der Waals surface area contributed by atoms with Gasteiger partial charge in [0.15, 0.2) is 0 Å². The van der Waals surface area contributed by atoms with E-state index in [0.717, 1.165) is 16.7 Å². The molecule has 0 unspecified atom stereocenters. The van der Waals surface area contributed by atoms with Crippen LogP contribution in [0.4, 0.5) is 4.79 Å². The zero-order valence-electron chi connectivity index (χ0n) is 11.9. The van der Waals surface area contributed by atoms with Gasteiger partial charge >= 0.3 is 6.03 Å². The largest absolute Gasteiger partial charge is 0.496 e. The highest BCUT2D eigenvalue weighted by Gasteiger charge is 2.22. The Balaban J connectivity index is 1.98. The van der Waals surface area contributed by atoms with Crippen LogP contribution in [-0.2, 0) is 4.79 Å². The molecular weight excluding hydrogens is 280 g/mol. The third kappa shape index (κ3) is 2.69. The van der Waals surface area contributed by atoms with E-state index < -0.39 is 11.9 Å². The molecule has 5 nitrogen and oxygen atoms in total. The van der Waals surface area contributed by atoms with Crippen molar-refractivity contribution in [2.45, 2.75) is 0 Å². The van der Waals surface area contributed by atoms with Crippen molar-refractivity contribution in [2.75, 3.05) is 7.11 Å². The Labute approximate surface area is 127 Å². The molecule has 0 spiro atoms. The lowest BCUT2D eigenvalue weighted by Crippen LogP contribution is -2.22. The first-order valence-corrected chi connectivity index (χ1v) is 6.75. The zero-order valence-corrected chi connectivity index (χ0v) is 11.9. The van der Waals surface area contributed by atoms with E-state index in [-0.39, 0.29) is 5.70 Å². The molecule has 2 N–H and O–H groups in total. The van der Waals surface area contributed by atoms with Crippen LogP contribution in [-0.4, -0.2) is 19.0 Å². The van der Waals surface area contributed by atoms with Gasteiger partial charge in [0.2, 0.25) is 0 Å². The highest BCUT2D eigenvalue weighted by atomic mass is 16.5. The topological polar surface area (TPSA) is 67.4 Å². The summed E-state index contributed by atoms with van der Waals surface area (Å²) in [5, 5.41) is 4.62. The number of hydrogen-bond donors (Lipinski definition) is 2. The summed E-state index contributed by atoms with van der Waals surface area (Å²) in [5.41, 5.74) is 3.00. The van der Waals surface area contributed by atoms with Crippen LogP contribution in [0.3, 0.4) is 0 Å². The molecule has 0 aliphatic carbocycles. The van der Waals surface area contributed by atoms with Crippen LogP contribution in [0.5, 0.6) is 5.75 Å². The summed E-state index contributed by atoms with van der Waals surface area (Å²) in [5.74, 6) is 0.265. The van der Waals surface area contributed by atoms with Gasteiger partial charge in [-0.15, -0.1) is 0 Å². The fourth-order valence-electron chi connectivity index (χ4n) is 2.30. The summed E-state index contributed by atoms with van der Waals surface area (Å²) in [4.78, 5) is 22.6. The molecule has 1 fully saturated rings. The monoisotopic (exact) mass is 294 g/mol. The Morgan fingerprint density at radius 1 is 1.00 bits per heavy atom. The number of hydrogen-bond acceptors (Lipinski definition) is 3. The predicted molar refractivity (Wildman–Crippen MR) is 83.1 cm³/mol. The van der Waals surface area contributed by atoms with E-state index in [4.69, 9.17) is 4.74 Å². The molecule has 3 amide bonds. The van der Waals surface area contributed by atoms with Crippen molar-refractivity contribution in [3.8, 4) is 16.9 Å². The van der Waals surface area contributed by atoms with E-state index in [2.05, 4.69) is 10.6 Å². The third-order valence-corrected chi connectivity index (χ3v) is 3.34. The molecule has 0 atom stereocenters. The van der Waals surface area contributed by atoms with Crippen LogP contribution in [0.15, 0.2) is 54.2 Å². The van der Waals surface area contributed by atoms with Gasteiger partial charge in [-0.25, -0.2) is 4.79 Å². The molecule has 1 heterocycles. The van der Waals surface area contributed by atoms with Crippen LogP contribution in [0.1, 0.15) is 5.56 Å². The number of methoxy groups -OCH3 is 1. The SMILES string of the molecule is COc1cc(/C=C2/NC(=O)NC2=O)ccc1-c1ccccc1. The summed E-state index contributed by atoms with van der Waals surface area (Å²) in [6, 6.07) is 15.0. The number of carbonyl (C=O) groups excluding carboxylic acids is 2. The van der Waals surface area contributed by atoms with E-state index in [1.165, 1.54) is 0 Å². The molecule has 0 aromatic heterocycles. The van der Waals surface area contributed by atoms with Gasteiger partial charge in [0.25, 0.3) is 5.91 Å². The van der Waals surface area contributed by atoms with Crippen LogP contribution >= 0.6 is 0 Å². The zero-order chi connectivity index (χ0) is 15.5. The van der Waals surface area contributed by atoms with E-state index in [9.17, 15) is 9.59 Å². The number of imide groups is 1. The lowest BCUT2D eigenvalue weighted by Gasteiger charge is -2.10. The average Bonchev–Trinajstić information content (AvgIpc) is 2.85. The molecule has 22 heavy (non-hydrogen) atoms. The smallest absolute Gasteiger partial charge is 0.326 e. The molecule has 0 radical (unpaired) electrons. The molecule has 2 aromatic rings. The van der Waals surface area contributed by atoms with Gasteiger partial charge in [-0.2, -0.15) is 0 Å². The van der Waals surface area contributed by atoms with Crippen LogP contribution in [0, 0.1) is 0 Å². The van der Waals surface area contributed by atoms with E-state index in [1.54, 1.807) is 13.2 Å². The summed E-state index contributed by atoms with van der Waals surface area (Å²) < 4.78 is 5.44. The van der Waals surface area contributed by atoms with Gasteiger partial charge < -0.3 is 10.1 Å². The van der Waals surface area contributed by atoms with Gasteiger partial charge in [0.1, 0.15) is 11.4 Å². The second-order valence-corrected chi connectivity index (χ2v) is 4.79. The van der Waals surface area contributed by atoms with Crippen molar-refractivity contribution in [1.82, 2.24) is 10.6 Å². The molecule has 0 saturated carbocycles. The van der Waals surface area contributed by atoms with E-state index in [1.807, 2.05) is 48.5 Å². The van der Waals surface area contributed by atoms with Crippen molar-refractivity contribution in [3.05, 3.63) is 59.8 Å². The number of nitrogens with one attached hydrogen (secondary N) is 2. The quantitative estimate of drug-likeness (QED) is 0.675. The van der Waals surface area contributed by atoms with E-state index in [0.29, 0.717) is 5.75 Å². The molecule has 110 valence electrons. The summed E-state index contributed by atoms with van der Waals surface area (Å²) in [6.07, 6.45) is 1.61. The van der Waals surface area contributed by atoms with Crippen molar-refractivity contribution in [3.63, 3.8) is 0 Å². The summed E-state index contributed by atoms with van der Waals surface area (Å²) >= 11 is 0. The maximum absolute atomic E-state index is 11.5. The Morgan fingerprint density at radius 2 is 1.77 bits per heavy atom. The number of urea groups is 1. The average molecular weight is 294 g/mol. The Bertz CT molecular complexity index is 767. The van der Waals surface area contributed by atoms with Crippen LogP contribution < -0.4 is 15.4 Å². The Morgan fingerprint density at radius 3 is 2.41 bits per heavy atom. The third-order valence-electron chi connectivity index (χ3n) is 3.34. The first-order valence-electron chi connectivity index (χ1n) is 6.75. The lowest BCUT2D eigenvalue weighted by molar-refractivity contribution is -0.115. The molecule has 1 saturated heterocycles. The number of ether oxygens (including phenoxy) is 1. The van der Waals surface area contributed by atoms with E-state index >= 15 is 0 Å². The Hall–Kier alpha value is -3.08. The number of amides is 3. The Kier molecular flexibility index (Phi) is 3.62. The molecule has 2 aromatic carbocycles. The fourth-order valence-corrected chi connectivity index (χ4v) is 2.30. The number of rotatable bonds is 3. The fraction of sp³-hybridized carbons (Fsp3) is 0.0588. The molecule has 5 heteroatoms. The normalized spacial score (nSPS) is 15.6. The van der Waals surface area contributed by atoms with Gasteiger partial charge in [-0.3, -0.25) is 10.1 Å². The van der Waals surface area contributed by atoms with Gasteiger partial charge in [0.05, 0.1) is 7.11 Å². The maximum atomic E-state index is 11.5. The standard InChI is InChI=1S/C17H14N2O3/c1-22-15-10-11(9-14-16(20)19-17(21)18-14)7-8-13(15)12-5-3-2-4-6-12/h2-10H,1H3,(H2,18,19,20,21)/b14-9+. The van der Waals surface area contributed by atoms with Crippen molar-refractivity contribution in [2.24, 2.45) is 0 Å². The second kappa shape index (κ2) is 5.73. The van der Waals surface area contributed by atoms with Crippen molar-refractivity contribution < 1.29 is 14.3 Å². The minimum atomic E-state index is -0.510. The highest BCUT2D eigenvalue weighted by Crippen LogP contribution is 2.31. The number of benzene rings is 2. The number of carbonyl (C=O) groups is 2. The van der Waals surface area contributed by atoms with Gasteiger partial charge in [0, 0.05) is 5.56 Å². The van der Waals surface area contributed by atoms with Crippen molar-refractivity contribution in [1.29, 1.82) is 0 Å². The minimum absolute atomic E-state index is 0.222. The molecule has 1 aliphatic heterocycles. The maximum Gasteiger partial charge on any atom is 0.326 e. The molecule has 3 rings (SSSR count). The molecular formula is C17H14N2O3. The first kappa shape index (κ1) is 13.9. The van der Waals surface area contributed by atoms with Gasteiger partial charge in [-0.1, -0.05) is 42.5 Å². The highest BCUT2D eigenvalue weighted by molar-refractivity contribution is 6.14. The lowest BCUT2D eigenvalue weighted by atomic mass is 10.0. The van der Waals surface area contributed by atoms with Crippen LogP contribution in [0.2, 0.25) is 0 Å². The van der Waals surface area contributed by atoms with Crippen molar-refractivity contribution >= 4 is 18.0 Å². The molecule has 0 bridgehead atoms. The second-order valence-electron chi connectivity index (χ2n) is 4.79. The summed E-state index contributed by atoms with van der Waals surface area (Å²) in [7, 11) is 1.60. The minimum Gasteiger partial charge on any atom is -0.496 e. The predicted octanol–water partition coefficient (Wildman–Crippen LogP) is 2.54. The summed E-state index contributed by atoms with van der Waals surface area (Å²) in [6.45, 7) is 0. The van der Waals surface area contributed by atoms with Crippen LogP contribution in [0.25, 0.3) is 17.2 Å².